The zero-order chi connectivity index (χ0) is 14.7. The SMILES string of the molecule is CC(c1cccs1)N(C)Cc1cc(CN2CCCC2)cs1. The predicted octanol–water partition coefficient (Wildman–Crippen LogP) is 4.60. The summed E-state index contributed by atoms with van der Waals surface area (Å²) in [6.45, 7) is 7.04. The van der Waals surface area contributed by atoms with Gasteiger partial charge in [-0.25, -0.2) is 0 Å². The molecule has 2 aromatic rings. The van der Waals surface area contributed by atoms with Crippen LogP contribution in [0, 0.1) is 0 Å². The number of rotatable bonds is 6. The van der Waals surface area contributed by atoms with Crippen molar-refractivity contribution in [3.05, 3.63) is 44.3 Å². The molecular weight excluding hydrogens is 296 g/mol. The Morgan fingerprint density at radius 1 is 1.29 bits per heavy atom. The van der Waals surface area contributed by atoms with Gasteiger partial charge in [0, 0.05) is 28.9 Å². The quantitative estimate of drug-likeness (QED) is 0.767. The van der Waals surface area contributed by atoms with Crippen molar-refractivity contribution in [1.29, 1.82) is 0 Å². The van der Waals surface area contributed by atoms with E-state index in [2.05, 4.69) is 52.7 Å². The third kappa shape index (κ3) is 3.95. The summed E-state index contributed by atoms with van der Waals surface area (Å²) in [7, 11) is 2.23. The van der Waals surface area contributed by atoms with Crippen LogP contribution in [-0.2, 0) is 13.1 Å². The molecule has 1 aliphatic rings. The Bertz CT molecular complexity index is 541. The van der Waals surface area contributed by atoms with Gasteiger partial charge in [0.2, 0.25) is 0 Å². The molecule has 4 heteroatoms. The van der Waals surface area contributed by atoms with E-state index in [0.29, 0.717) is 6.04 Å². The summed E-state index contributed by atoms with van der Waals surface area (Å²) in [5.41, 5.74) is 1.49. The number of nitrogens with zero attached hydrogens (tertiary/aromatic N) is 2. The fourth-order valence-corrected chi connectivity index (χ4v) is 4.71. The van der Waals surface area contributed by atoms with Crippen LogP contribution in [0.5, 0.6) is 0 Å². The van der Waals surface area contributed by atoms with Crippen LogP contribution >= 0.6 is 22.7 Å². The number of likely N-dealkylation sites (tertiary alicyclic amines) is 1. The Morgan fingerprint density at radius 2 is 2.10 bits per heavy atom. The van der Waals surface area contributed by atoms with E-state index in [0.717, 1.165) is 13.1 Å². The van der Waals surface area contributed by atoms with Gasteiger partial charge in [0.05, 0.1) is 0 Å². The van der Waals surface area contributed by atoms with Gasteiger partial charge in [-0.3, -0.25) is 9.80 Å². The van der Waals surface area contributed by atoms with Gasteiger partial charge in [-0.1, -0.05) is 6.07 Å². The second-order valence-corrected chi connectivity index (χ2v) is 7.99. The Labute approximate surface area is 136 Å². The minimum absolute atomic E-state index is 0.495. The topological polar surface area (TPSA) is 6.48 Å². The molecule has 2 aromatic heterocycles. The third-order valence-corrected chi connectivity index (χ3v) is 6.35. The minimum Gasteiger partial charge on any atom is -0.299 e. The van der Waals surface area contributed by atoms with E-state index in [1.54, 1.807) is 0 Å². The summed E-state index contributed by atoms with van der Waals surface area (Å²) in [5, 5.41) is 4.51. The smallest absolute Gasteiger partial charge is 0.0414 e. The van der Waals surface area contributed by atoms with E-state index in [1.165, 1.54) is 41.2 Å². The molecule has 114 valence electrons. The molecule has 3 rings (SSSR count). The molecule has 0 amide bonds. The van der Waals surface area contributed by atoms with Crippen molar-refractivity contribution in [3.8, 4) is 0 Å². The fourth-order valence-electron chi connectivity index (χ4n) is 2.92. The van der Waals surface area contributed by atoms with E-state index in [-0.39, 0.29) is 0 Å². The van der Waals surface area contributed by atoms with Crippen molar-refractivity contribution in [3.63, 3.8) is 0 Å². The van der Waals surface area contributed by atoms with E-state index in [1.807, 2.05) is 22.7 Å². The average molecular weight is 321 g/mol. The van der Waals surface area contributed by atoms with Gasteiger partial charge in [-0.15, -0.1) is 22.7 Å². The summed E-state index contributed by atoms with van der Waals surface area (Å²) in [4.78, 5) is 7.95. The molecule has 0 N–H and O–H groups in total. The fraction of sp³-hybridized carbons (Fsp3) is 0.529. The van der Waals surface area contributed by atoms with Gasteiger partial charge in [-0.05, 0) is 68.4 Å². The van der Waals surface area contributed by atoms with E-state index < -0.39 is 0 Å². The molecule has 2 nitrogen and oxygen atoms in total. The van der Waals surface area contributed by atoms with E-state index >= 15 is 0 Å². The molecule has 0 bridgehead atoms. The van der Waals surface area contributed by atoms with Crippen LogP contribution in [-0.4, -0.2) is 29.9 Å². The molecule has 0 radical (unpaired) electrons. The lowest BCUT2D eigenvalue weighted by atomic mass is 10.2. The van der Waals surface area contributed by atoms with Gasteiger partial charge in [0.15, 0.2) is 0 Å². The van der Waals surface area contributed by atoms with Crippen LogP contribution < -0.4 is 0 Å². The number of thiophene rings is 2. The monoisotopic (exact) mass is 320 g/mol. The first-order valence-corrected chi connectivity index (χ1v) is 9.50. The summed E-state index contributed by atoms with van der Waals surface area (Å²) < 4.78 is 0. The second kappa shape index (κ2) is 7.05. The Kier molecular flexibility index (Phi) is 5.11. The molecule has 1 atom stereocenters. The van der Waals surface area contributed by atoms with Crippen molar-refractivity contribution in [2.75, 3.05) is 20.1 Å². The zero-order valence-electron chi connectivity index (χ0n) is 12.9. The zero-order valence-corrected chi connectivity index (χ0v) is 14.6. The van der Waals surface area contributed by atoms with Gasteiger partial charge in [0.25, 0.3) is 0 Å². The third-order valence-electron chi connectivity index (χ3n) is 4.33. The maximum atomic E-state index is 2.57. The molecule has 1 saturated heterocycles. The molecule has 21 heavy (non-hydrogen) atoms. The maximum absolute atomic E-state index is 2.57. The van der Waals surface area contributed by atoms with Gasteiger partial charge in [0.1, 0.15) is 0 Å². The molecule has 1 fully saturated rings. The summed E-state index contributed by atoms with van der Waals surface area (Å²) in [6, 6.07) is 7.28. The van der Waals surface area contributed by atoms with Gasteiger partial charge in [-0.2, -0.15) is 0 Å². The Hall–Kier alpha value is -0.680. The molecule has 0 aliphatic carbocycles. The summed E-state index contributed by atoms with van der Waals surface area (Å²) in [6.07, 6.45) is 2.75. The van der Waals surface area contributed by atoms with Crippen molar-refractivity contribution >= 4 is 22.7 Å². The first kappa shape index (κ1) is 15.2. The van der Waals surface area contributed by atoms with E-state index in [4.69, 9.17) is 0 Å². The van der Waals surface area contributed by atoms with Crippen LogP contribution in [0.1, 0.15) is 41.1 Å². The number of hydrogen-bond donors (Lipinski definition) is 0. The lowest BCUT2D eigenvalue weighted by Crippen LogP contribution is -2.20. The molecule has 1 unspecified atom stereocenters. The van der Waals surface area contributed by atoms with Crippen LogP contribution in [0.25, 0.3) is 0 Å². The summed E-state index contributed by atoms with van der Waals surface area (Å²) >= 11 is 3.76. The van der Waals surface area contributed by atoms with Crippen molar-refractivity contribution in [2.24, 2.45) is 0 Å². The normalized spacial score (nSPS) is 17.7. The molecule has 1 aliphatic heterocycles. The first-order valence-electron chi connectivity index (χ1n) is 7.74. The standard InChI is InChI=1S/C17H24N2S2/c1-14(17-6-5-9-20-17)18(2)12-16-10-15(13-21-16)11-19-7-3-4-8-19/h5-6,9-10,13-14H,3-4,7-8,11-12H2,1-2H3. The lowest BCUT2D eigenvalue weighted by Gasteiger charge is -2.23. The largest absolute Gasteiger partial charge is 0.299 e. The van der Waals surface area contributed by atoms with E-state index in [9.17, 15) is 0 Å². The molecule has 3 heterocycles. The van der Waals surface area contributed by atoms with Crippen molar-refractivity contribution < 1.29 is 0 Å². The second-order valence-electron chi connectivity index (χ2n) is 6.01. The average Bonchev–Trinajstić information content (AvgIpc) is 3.20. The predicted molar refractivity (Wildman–Crippen MR) is 93.0 cm³/mol. The molecule has 0 spiro atoms. The van der Waals surface area contributed by atoms with Gasteiger partial charge < -0.3 is 0 Å². The Morgan fingerprint density at radius 3 is 2.81 bits per heavy atom. The highest BCUT2D eigenvalue weighted by molar-refractivity contribution is 7.10. The lowest BCUT2D eigenvalue weighted by molar-refractivity contribution is 0.258. The number of hydrogen-bond acceptors (Lipinski definition) is 4. The summed E-state index contributed by atoms with van der Waals surface area (Å²) in [5.74, 6) is 0. The van der Waals surface area contributed by atoms with Crippen LogP contribution in [0.3, 0.4) is 0 Å². The van der Waals surface area contributed by atoms with Crippen LogP contribution in [0.4, 0.5) is 0 Å². The highest BCUT2D eigenvalue weighted by Gasteiger charge is 2.15. The molecular formula is C17H24N2S2. The maximum Gasteiger partial charge on any atom is 0.0414 e. The first-order chi connectivity index (χ1) is 10.2. The Balaban J connectivity index is 1.56. The highest BCUT2D eigenvalue weighted by Crippen LogP contribution is 2.26. The molecule has 0 aromatic carbocycles. The van der Waals surface area contributed by atoms with Crippen molar-refractivity contribution in [1.82, 2.24) is 9.80 Å². The highest BCUT2D eigenvalue weighted by atomic mass is 32.1. The van der Waals surface area contributed by atoms with Crippen LogP contribution in [0.15, 0.2) is 29.0 Å². The van der Waals surface area contributed by atoms with Crippen LogP contribution in [0.2, 0.25) is 0 Å². The minimum atomic E-state index is 0.495. The van der Waals surface area contributed by atoms with Gasteiger partial charge >= 0.3 is 0 Å². The van der Waals surface area contributed by atoms with Crippen molar-refractivity contribution in [2.45, 2.75) is 38.9 Å². The molecule has 0 saturated carbocycles.